The number of halogens is 1. The molecule has 1 aliphatic rings. The molecule has 1 aromatic rings. The maximum absolute atomic E-state index is 13.9. The number of hydrogen-bond acceptors (Lipinski definition) is 5. The van der Waals surface area contributed by atoms with Crippen molar-refractivity contribution in [3.8, 4) is 5.75 Å². The minimum absolute atomic E-state index is 0.0587. The standard InChI is InChI=1S/C16H21FN2O5/c1-16(2,3)24-15(20)18-8-4-5-12(10-18)23-14-7-6-11(19(21)22)9-13(14)17/h6-7,9,12H,4-5,8,10H2,1-3H3/t12-/m0/s1. The molecule has 1 amide bonds. The summed E-state index contributed by atoms with van der Waals surface area (Å²) in [6, 6.07) is 3.25. The van der Waals surface area contributed by atoms with Crippen molar-refractivity contribution in [2.24, 2.45) is 0 Å². The maximum Gasteiger partial charge on any atom is 0.410 e. The number of ether oxygens (including phenoxy) is 2. The lowest BCUT2D eigenvalue weighted by atomic mass is 10.1. The Kier molecular flexibility index (Phi) is 5.26. The number of likely N-dealkylation sites (tertiary alicyclic amines) is 1. The molecule has 0 saturated carbocycles. The molecular weight excluding hydrogens is 319 g/mol. The Morgan fingerprint density at radius 3 is 2.71 bits per heavy atom. The van der Waals surface area contributed by atoms with Crippen molar-refractivity contribution >= 4 is 11.8 Å². The van der Waals surface area contributed by atoms with Gasteiger partial charge < -0.3 is 14.4 Å². The number of nitro groups is 1. The molecule has 1 aromatic carbocycles. The van der Waals surface area contributed by atoms with Gasteiger partial charge in [-0.15, -0.1) is 0 Å². The van der Waals surface area contributed by atoms with Gasteiger partial charge in [0.25, 0.3) is 5.69 Å². The summed E-state index contributed by atoms with van der Waals surface area (Å²) in [5.74, 6) is -0.852. The van der Waals surface area contributed by atoms with E-state index in [2.05, 4.69) is 0 Å². The molecule has 132 valence electrons. The number of rotatable bonds is 3. The molecule has 1 atom stereocenters. The van der Waals surface area contributed by atoms with Crippen LogP contribution in [0, 0.1) is 15.9 Å². The number of nitro benzene ring substituents is 1. The van der Waals surface area contributed by atoms with Crippen LogP contribution in [0.2, 0.25) is 0 Å². The first kappa shape index (κ1) is 18.0. The van der Waals surface area contributed by atoms with E-state index in [-0.39, 0.29) is 24.1 Å². The predicted octanol–water partition coefficient (Wildman–Crippen LogP) is 3.51. The third-order valence-electron chi connectivity index (χ3n) is 3.45. The molecular formula is C16H21FN2O5. The smallest absolute Gasteiger partial charge is 0.410 e. The zero-order valence-corrected chi connectivity index (χ0v) is 14.0. The SMILES string of the molecule is CC(C)(C)OC(=O)N1CCC[C@H](Oc2ccc([N+](=O)[O-])cc2F)C1. The first-order chi connectivity index (χ1) is 11.2. The van der Waals surface area contributed by atoms with Crippen LogP contribution >= 0.6 is 0 Å². The van der Waals surface area contributed by atoms with Crippen molar-refractivity contribution in [3.63, 3.8) is 0 Å². The summed E-state index contributed by atoms with van der Waals surface area (Å²) < 4.78 is 24.8. The largest absolute Gasteiger partial charge is 0.485 e. The van der Waals surface area contributed by atoms with Crippen molar-refractivity contribution in [3.05, 3.63) is 34.1 Å². The molecule has 24 heavy (non-hydrogen) atoms. The number of piperidine rings is 1. The van der Waals surface area contributed by atoms with E-state index in [1.165, 1.54) is 17.0 Å². The van der Waals surface area contributed by atoms with E-state index in [1.54, 1.807) is 20.8 Å². The molecule has 1 fully saturated rings. The van der Waals surface area contributed by atoms with E-state index < -0.39 is 22.4 Å². The Balaban J connectivity index is 2.00. The van der Waals surface area contributed by atoms with E-state index in [0.717, 1.165) is 6.07 Å². The molecule has 0 spiro atoms. The van der Waals surface area contributed by atoms with Crippen molar-refractivity contribution in [2.45, 2.75) is 45.3 Å². The summed E-state index contributed by atoms with van der Waals surface area (Å²) in [5, 5.41) is 10.6. The Morgan fingerprint density at radius 1 is 1.42 bits per heavy atom. The molecule has 0 radical (unpaired) electrons. The van der Waals surface area contributed by atoms with E-state index in [4.69, 9.17) is 9.47 Å². The molecule has 0 bridgehead atoms. The number of hydrogen-bond donors (Lipinski definition) is 0. The van der Waals surface area contributed by atoms with Crippen LogP contribution < -0.4 is 4.74 Å². The summed E-state index contributed by atoms with van der Waals surface area (Å²) in [7, 11) is 0. The topological polar surface area (TPSA) is 81.9 Å². The number of non-ortho nitro benzene ring substituents is 1. The zero-order valence-electron chi connectivity index (χ0n) is 14.0. The second-order valence-corrected chi connectivity index (χ2v) is 6.68. The molecule has 2 rings (SSSR count). The van der Waals surface area contributed by atoms with Gasteiger partial charge in [-0.2, -0.15) is 0 Å². The summed E-state index contributed by atoms with van der Waals surface area (Å²) in [5.41, 5.74) is -0.922. The van der Waals surface area contributed by atoms with Gasteiger partial charge in [-0.25, -0.2) is 9.18 Å². The van der Waals surface area contributed by atoms with Gasteiger partial charge in [0.1, 0.15) is 11.7 Å². The Bertz CT molecular complexity index is 629. The third-order valence-corrected chi connectivity index (χ3v) is 3.45. The average Bonchev–Trinajstić information content (AvgIpc) is 2.47. The minimum atomic E-state index is -0.793. The van der Waals surface area contributed by atoms with Gasteiger partial charge in [-0.1, -0.05) is 0 Å². The first-order valence-corrected chi connectivity index (χ1v) is 7.74. The first-order valence-electron chi connectivity index (χ1n) is 7.74. The van der Waals surface area contributed by atoms with Gasteiger partial charge in [-0.05, 0) is 39.7 Å². The van der Waals surface area contributed by atoms with Crippen LogP contribution in [-0.2, 0) is 4.74 Å². The molecule has 8 heteroatoms. The summed E-state index contributed by atoms with van der Waals surface area (Å²) in [6.07, 6.45) is 0.552. The molecule has 0 aliphatic carbocycles. The van der Waals surface area contributed by atoms with Crippen LogP contribution in [0.3, 0.4) is 0 Å². The van der Waals surface area contributed by atoms with Gasteiger partial charge in [0.2, 0.25) is 0 Å². The van der Waals surface area contributed by atoms with E-state index in [0.29, 0.717) is 19.4 Å². The fourth-order valence-corrected chi connectivity index (χ4v) is 2.41. The quantitative estimate of drug-likeness (QED) is 0.621. The summed E-state index contributed by atoms with van der Waals surface area (Å²) >= 11 is 0. The normalized spacial score (nSPS) is 18.2. The average molecular weight is 340 g/mol. The molecule has 0 N–H and O–H groups in total. The van der Waals surface area contributed by atoms with Crippen LogP contribution in [-0.4, -0.2) is 40.7 Å². The highest BCUT2D eigenvalue weighted by molar-refractivity contribution is 5.68. The fourth-order valence-electron chi connectivity index (χ4n) is 2.41. The van der Waals surface area contributed by atoms with Gasteiger partial charge in [0.15, 0.2) is 11.6 Å². The van der Waals surface area contributed by atoms with Gasteiger partial charge in [0, 0.05) is 12.6 Å². The van der Waals surface area contributed by atoms with Crippen LogP contribution in [0.4, 0.5) is 14.9 Å². The van der Waals surface area contributed by atoms with Gasteiger partial charge >= 0.3 is 6.09 Å². The molecule has 0 unspecified atom stereocenters. The van der Waals surface area contributed by atoms with Crippen LogP contribution in [0.15, 0.2) is 18.2 Å². The Hall–Kier alpha value is -2.38. The van der Waals surface area contributed by atoms with Crippen LogP contribution in [0.5, 0.6) is 5.75 Å². The van der Waals surface area contributed by atoms with Crippen molar-refractivity contribution in [2.75, 3.05) is 13.1 Å². The lowest BCUT2D eigenvalue weighted by Crippen LogP contribution is -2.46. The number of nitrogens with zero attached hydrogens (tertiary/aromatic N) is 2. The number of amides is 1. The van der Waals surface area contributed by atoms with E-state index >= 15 is 0 Å². The van der Waals surface area contributed by atoms with Gasteiger partial charge in [0.05, 0.1) is 17.5 Å². The Labute approximate surface area is 139 Å². The predicted molar refractivity (Wildman–Crippen MR) is 84.5 cm³/mol. The van der Waals surface area contributed by atoms with E-state index in [9.17, 15) is 19.3 Å². The molecule has 7 nitrogen and oxygen atoms in total. The lowest BCUT2D eigenvalue weighted by Gasteiger charge is -2.34. The highest BCUT2D eigenvalue weighted by atomic mass is 19.1. The van der Waals surface area contributed by atoms with Crippen molar-refractivity contribution in [1.29, 1.82) is 0 Å². The maximum atomic E-state index is 13.9. The van der Waals surface area contributed by atoms with Crippen LogP contribution in [0.1, 0.15) is 33.6 Å². The van der Waals surface area contributed by atoms with Crippen molar-refractivity contribution in [1.82, 2.24) is 4.90 Å². The van der Waals surface area contributed by atoms with E-state index in [1.807, 2.05) is 0 Å². The van der Waals surface area contributed by atoms with Crippen molar-refractivity contribution < 1.29 is 23.6 Å². The van der Waals surface area contributed by atoms with Gasteiger partial charge in [-0.3, -0.25) is 10.1 Å². The molecule has 1 saturated heterocycles. The lowest BCUT2D eigenvalue weighted by molar-refractivity contribution is -0.385. The second-order valence-electron chi connectivity index (χ2n) is 6.68. The van der Waals surface area contributed by atoms with Crippen LogP contribution in [0.25, 0.3) is 0 Å². The second kappa shape index (κ2) is 7.02. The number of carbonyl (C=O) groups is 1. The highest BCUT2D eigenvalue weighted by Crippen LogP contribution is 2.26. The molecule has 0 aromatic heterocycles. The Morgan fingerprint density at radius 2 is 2.12 bits per heavy atom. The molecule has 1 heterocycles. The monoisotopic (exact) mass is 340 g/mol. The highest BCUT2D eigenvalue weighted by Gasteiger charge is 2.29. The summed E-state index contributed by atoms with van der Waals surface area (Å²) in [4.78, 5) is 23.6. The number of benzene rings is 1. The third kappa shape index (κ3) is 4.81. The fraction of sp³-hybridized carbons (Fsp3) is 0.562. The number of carbonyl (C=O) groups excluding carboxylic acids is 1. The summed E-state index contributed by atoms with van der Waals surface area (Å²) in [6.45, 7) is 6.20. The zero-order chi connectivity index (χ0) is 17.9. The minimum Gasteiger partial charge on any atom is -0.485 e. The molecule has 1 aliphatic heterocycles.